The zero-order valence-corrected chi connectivity index (χ0v) is 21.7. The van der Waals surface area contributed by atoms with Gasteiger partial charge in [-0.1, -0.05) is 70.5 Å². The molecule has 0 saturated heterocycles. The topological polar surface area (TPSA) is 79.3 Å². The molecule has 1 atom stereocenters. The van der Waals surface area contributed by atoms with Gasteiger partial charge in [0.25, 0.3) is 5.91 Å². The summed E-state index contributed by atoms with van der Waals surface area (Å²) in [5, 5.41) is 5.31. The summed E-state index contributed by atoms with van der Waals surface area (Å²) in [6.45, 7) is 17.9. The van der Waals surface area contributed by atoms with Gasteiger partial charge in [-0.25, -0.2) is 4.98 Å². The van der Waals surface area contributed by atoms with Crippen LogP contribution in [0.15, 0.2) is 43.0 Å². The minimum atomic E-state index is -0.140. The average molecular weight is 458 g/mol. The van der Waals surface area contributed by atoms with Gasteiger partial charge in [-0.2, -0.15) is 0 Å². The van der Waals surface area contributed by atoms with Gasteiger partial charge < -0.3 is 15.2 Å². The van der Waals surface area contributed by atoms with E-state index in [1.807, 2.05) is 51.1 Å². The highest BCUT2D eigenvalue weighted by Gasteiger charge is 2.26. The molecule has 0 spiro atoms. The molecular formula is C26H43N5O2. The summed E-state index contributed by atoms with van der Waals surface area (Å²) in [7, 11) is 3.66. The second-order valence-corrected chi connectivity index (χ2v) is 7.50. The Kier molecular flexibility index (Phi) is 15.2. The van der Waals surface area contributed by atoms with E-state index in [1.54, 1.807) is 13.1 Å². The molecule has 1 aliphatic heterocycles. The molecule has 2 N–H and O–H groups in total. The lowest BCUT2D eigenvalue weighted by atomic mass is 10.2. The maximum Gasteiger partial charge on any atom is 0.272 e. The van der Waals surface area contributed by atoms with E-state index >= 15 is 0 Å². The molecule has 1 aromatic carbocycles. The van der Waals surface area contributed by atoms with E-state index in [0.29, 0.717) is 5.69 Å². The van der Waals surface area contributed by atoms with E-state index < -0.39 is 0 Å². The Balaban J connectivity index is 0.000000877. The van der Waals surface area contributed by atoms with Crippen LogP contribution in [0.5, 0.6) is 0 Å². The first kappa shape index (κ1) is 30.1. The summed E-state index contributed by atoms with van der Waals surface area (Å²) < 4.78 is 2.17. The molecule has 2 aromatic rings. The van der Waals surface area contributed by atoms with Gasteiger partial charge in [-0.15, -0.1) is 6.58 Å². The number of imidazole rings is 1. The third kappa shape index (κ3) is 10.0. The fraction of sp³-hybridized carbons (Fsp3) is 0.500. The zero-order valence-electron chi connectivity index (χ0n) is 21.7. The lowest BCUT2D eigenvalue weighted by Crippen LogP contribution is -2.35. The number of benzene rings is 1. The van der Waals surface area contributed by atoms with Crippen molar-refractivity contribution < 1.29 is 9.59 Å². The third-order valence-corrected chi connectivity index (χ3v) is 4.51. The molecule has 184 valence electrons. The van der Waals surface area contributed by atoms with Crippen LogP contribution in [0.3, 0.4) is 0 Å². The number of amides is 2. The fourth-order valence-corrected chi connectivity index (χ4v) is 2.82. The monoisotopic (exact) mass is 457 g/mol. The van der Waals surface area contributed by atoms with E-state index in [0.717, 1.165) is 36.7 Å². The van der Waals surface area contributed by atoms with Crippen LogP contribution >= 0.6 is 0 Å². The maximum absolute atomic E-state index is 12.6. The first-order chi connectivity index (χ1) is 15.8. The van der Waals surface area contributed by atoms with Crippen LogP contribution in [0.4, 0.5) is 0 Å². The Morgan fingerprint density at radius 3 is 2.21 bits per heavy atom. The highest BCUT2D eigenvalue weighted by Crippen LogP contribution is 2.26. The molecule has 0 aliphatic carbocycles. The number of fused-ring (bicyclic) bond motifs is 1. The van der Waals surface area contributed by atoms with Crippen LogP contribution < -0.4 is 10.6 Å². The summed E-state index contributed by atoms with van der Waals surface area (Å²) >= 11 is 0. The standard InChI is InChI=1S/C18H22N4O.C3H7NO.C3H8.C2H6/c1-4-13(2)19-18(23)16-15-12-21(3)10-11-22(15)17(20-16)14-8-6-5-7-9-14;1-3(5)4-2;1-3-2;1-2/h4-9,13H,1,10-12H2,2-3H3,(H,19,23);1-2H3,(H,4,5);3H2,1-2H3;1-2H3. The largest absolute Gasteiger partial charge is 0.359 e. The summed E-state index contributed by atoms with van der Waals surface area (Å²) in [6.07, 6.45) is 2.96. The number of hydrogen-bond donors (Lipinski definition) is 2. The van der Waals surface area contributed by atoms with Crippen molar-refractivity contribution in [2.24, 2.45) is 0 Å². The molecule has 0 bridgehead atoms. The Hall–Kier alpha value is -2.93. The van der Waals surface area contributed by atoms with Gasteiger partial charge in [0.2, 0.25) is 5.91 Å². The van der Waals surface area contributed by atoms with E-state index in [9.17, 15) is 9.59 Å². The maximum atomic E-state index is 12.6. The van der Waals surface area contributed by atoms with Crippen LogP contribution in [0.1, 0.15) is 64.1 Å². The van der Waals surface area contributed by atoms with Crippen molar-refractivity contribution in [2.75, 3.05) is 20.6 Å². The van der Waals surface area contributed by atoms with Crippen LogP contribution in [0.25, 0.3) is 11.4 Å². The number of nitrogens with zero attached hydrogens (tertiary/aromatic N) is 3. The number of rotatable bonds is 4. The smallest absolute Gasteiger partial charge is 0.272 e. The molecule has 33 heavy (non-hydrogen) atoms. The highest BCUT2D eigenvalue weighted by molar-refractivity contribution is 5.94. The molecule has 1 unspecified atom stereocenters. The third-order valence-electron chi connectivity index (χ3n) is 4.51. The van der Waals surface area contributed by atoms with Gasteiger partial charge >= 0.3 is 0 Å². The van der Waals surface area contributed by atoms with Crippen molar-refractivity contribution in [2.45, 2.75) is 67.1 Å². The van der Waals surface area contributed by atoms with Crippen LogP contribution in [-0.2, 0) is 17.9 Å². The van der Waals surface area contributed by atoms with Crippen molar-refractivity contribution in [1.29, 1.82) is 0 Å². The highest BCUT2D eigenvalue weighted by atomic mass is 16.2. The molecule has 3 rings (SSSR count). The predicted octanol–water partition coefficient (Wildman–Crippen LogP) is 4.49. The minimum absolute atomic E-state index is 0.00463. The molecule has 1 aliphatic rings. The first-order valence-electron chi connectivity index (χ1n) is 11.7. The van der Waals surface area contributed by atoms with Crippen molar-refractivity contribution in [3.05, 3.63) is 54.4 Å². The zero-order chi connectivity index (χ0) is 25.4. The Morgan fingerprint density at radius 1 is 1.18 bits per heavy atom. The number of carbonyl (C=O) groups is 2. The average Bonchev–Trinajstić information content (AvgIpc) is 3.20. The van der Waals surface area contributed by atoms with Crippen LogP contribution in [-0.4, -0.2) is 52.9 Å². The van der Waals surface area contributed by atoms with Gasteiger partial charge in [0.05, 0.1) is 5.69 Å². The quantitative estimate of drug-likeness (QED) is 0.663. The number of nitrogens with one attached hydrogen (secondary N) is 2. The minimum Gasteiger partial charge on any atom is -0.359 e. The van der Waals surface area contributed by atoms with E-state index in [1.165, 1.54) is 13.3 Å². The Labute approximate surface area is 200 Å². The Morgan fingerprint density at radius 2 is 1.73 bits per heavy atom. The molecule has 0 saturated carbocycles. The molecule has 2 amide bonds. The van der Waals surface area contributed by atoms with Crippen molar-refractivity contribution in [3.63, 3.8) is 0 Å². The van der Waals surface area contributed by atoms with Gasteiger partial charge in [0.15, 0.2) is 5.69 Å². The molecule has 0 radical (unpaired) electrons. The van der Waals surface area contributed by atoms with Crippen LogP contribution in [0.2, 0.25) is 0 Å². The lowest BCUT2D eigenvalue weighted by molar-refractivity contribution is -0.118. The van der Waals surface area contributed by atoms with E-state index in [-0.39, 0.29) is 17.9 Å². The molecule has 7 nitrogen and oxygen atoms in total. The van der Waals surface area contributed by atoms with Gasteiger partial charge in [0.1, 0.15) is 5.82 Å². The number of hydrogen-bond acceptors (Lipinski definition) is 4. The van der Waals surface area contributed by atoms with Crippen LogP contribution in [0, 0.1) is 0 Å². The fourth-order valence-electron chi connectivity index (χ4n) is 2.82. The first-order valence-corrected chi connectivity index (χ1v) is 11.7. The molecule has 2 heterocycles. The summed E-state index contributed by atoms with van der Waals surface area (Å²) in [5.74, 6) is 0.730. The normalized spacial score (nSPS) is 12.7. The molecule has 7 heteroatoms. The number of aromatic nitrogens is 2. The molecule has 0 fully saturated rings. The molecular weight excluding hydrogens is 414 g/mol. The predicted molar refractivity (Wildman–Crippen MR) is 138 cm³/mol. The van der Waals surface area contributed by atoms with Crippen molar-refractivity contribution in [1.82, 2.24) is 25.1 Å². The molecule has 1 aromatic heterocycles. The Bertz CT molecular complexity index is 846. The van der Waals surface area contributed by atoms with Gasteiger partial charge in [0, 0.05) is 45.2 Å². The van der Waals surface area contributed by atoms with Crippen molar-refractivity contribution >= 4 is 11.8 Å². The SMILES string of the molecule is C=CC(C)NC(=O)c1nc(-c2ccccc2)n2c1CN(C)CC2.CC.CCC.CNC(C)=O. The van der Waals surface area contributed by atoms with Crippen molar-refractivity contribution in [3.8, 4) is 11.4 Å². The second kappa shape index (κ2) is 16.7. The number of carbonyl (C=O) groups excluding carboxylic acids is 2. The lowest BCUT2D eigenvalue weighted by Gasteiger charge is -2.25. The van der Waals surface area contributed by atoms with Gasteiger partial charge in [-0.05, 0) is 14.0 Å². The van der Waals surface area contributed by atoms with E-state index in [4.69, 9.17) is 0 Å². The summed E-state index contributed by atoms with van der Waals surface area (Å²) in [5.41, 5.74) is 2.53. The summed E-state index contributed by atoms with van der Waals surface area (Å²) in [6, 6.07) is 9.94. The van der Waals surface area contributed by atoms with E-state index in [2.05, 4.69) is 52.6 Å². The second-order valence-electron chi connectivity index (χ2n) is 7.50. The van der Waals surface area contributed by atoms with Gasteiger partial charge in [-0.3, -0.25) is 14.5 Å². The summed E-state index contributed by atoms with van der Waals surface area (Å²) in [4.78, 5) is 29.2. The number of likely N-dealkylation sites (N-methyl/N-ethyl adjacent to an activating group) is 1.